The third-order valence-corrected chi connectivity index (χ3v) is 6.27. The summed E-state index contributed by atoms with van der Waals surface area (Å²) >= 11 is 1.94. The van der Waals surface area contributed by atoms with E-state index in [9.17, 15) is 9.90 Å². The van der Waals surface area contributed by atoms with E-state index in [0.29, 0.717) is 11.2 Å². The highest BCUT2D eigenvalue weighted by Crippen LogP contribution is 2.51. The molecule has 3 rings (SSSR count). The molecule has 1 heterocycles. The van der Waals surface area contributed by atoms with Gasteiger partial charge in [0.15, 0.2) is 0 Å². The van der Waals surface area contributed by atoms with Gasteiger partial charge in [0.1, 0.15) is 5.60 Å². The molecule has 4 unspecified atom stereocenters. The molecule has 18 heavy (non-hydrogen) atoms. The number of hydrogen-bond donors (Lipinski definition) is 1. The predicted molar refractivity (Wildman–Crippen MR) is 73.5 cm³/mol. The summed E-state index contributed by atoms with van der Waals surface area (Å²) in [6.07, 6.45) is 5.11. The minimum absolute atomic E-state index is 0.0319. The average Bonchev–Trinajstić information content (AvgIpc) is 2.86. The molecule has 1 aliphatic heterocycles. The maximum atomic E-state index is 12.6. The SMILES string of the molecule is CC1CCN(C(=O)C2(O)CC3CCC2C3)CCS1. The lowest BCUT2D eigenvalue weighted by molar-refractivity contribution is -0.156. The summed E-state index contributed by atoms with van der Waals surface area (Å²) in [6, 6.07) is 0. The number of amides is 1. The van der Waals surface area contributed by atoms with Crippen LogP contribution in [0.4, 0.5) is 0 Å². The van der Waals surface area contributed by atoms with Gasteiger partial charge in [-0.1, -0.05) is 6.92 Å². The average molecular weight is 269 g/mol. The molecule has 4 atom stereocenters. The Labute approximate surface area is 113 Å². The van der Waals surface area contributed by atoms with E-state index in [1.54, 1.807) is 0 Å². The van der Waals surface area contributed by atoms with E-state index in [2.05, 4.69) is 6.92 Å². The molecule has 2 saturated carbocycles. The number of rotatable bonds is 1. The zero-order valence-electron chi connectivity index (χ0n) is 11.1. The minimum atomic E-state index is -1.01. The fourth-order valence-electron chi connectivity index (χ4n) is 3.94. The van der Waals surface area contributed by atoms with Crippen molar-refractivity contribution < 1.29 is 9.90 Å². The third-order valence-electron chi connectivity index (χ3n) is 5.04. The minimum Gasteiger partial charge on any atom is -0.380 e. The van der Waals surface area contributed by atoms with Gasteiger partial charge in [-0.15, -0.1) is 0 Å². The van der Waals surface area contributed by atoms with Gasteiger partial charge in [0.25, 0.3) is 5.91 Å². The Kier molecular flexibility index (Phi) is 3.35. The molecule has 2 aliphatic carbocycles. The van der Waals surface area contributed by atoms with Gasteiger partial charge < -0.3 is 10.0 Å². The first-order valence-corrected chi connectivity index (χ1v) is 8.28. The quantitative estimate of drug-likeness (QED) is 0.790. The first-order valence-electron chi connectivity index (χ1n) is 7.23. The predicted octanol–water partition coefficient (Wildman–Crippen LogP) is 1.89. The van der Waals surface area contributed by atoms with Crippen molar-refractivity contribution in [1.29, 1.82) is 0 Å². The zero-order chi connectivity index (χ0) is 12.8. The van der Waals surface area contributed by atoms with E-state index in [1.165, 1.54) is 6.42 Å². The lowest BCUT2D eigenvalue weighted by atomic mass is 9.83. The van der Waals surface area contributed by atoms with Crippen LogP contribution >= 0.6 is 11.8 Å². The second kappa shape index (κ2) is 4.71. The van der Waals surface area contributed by atoms with Crippen molar-refractivity contribution in [2.24, 2.45) is 11.8 Å². The fourth-order valence-corrected chi connectivity index (χ4v) is 4.94. The molecular formula is C14H23NO2S. The maximum Gasteiger partial charge on any atom is 0.254 e. The van der Waals surface area contributed by atoms with E-state index in [0.717, 1.165) is 44.5 Å². The monoisotopic (exact) mass is 269 g/mol. The molecule has 0 spiro atoms. The second-order valence-corrected chi connectivity index (χ2v) is 7.81. The molecule has 3 nitrogen and oxygen atoms in total. The van der Waals surface area contributed by atoms with Crippen molar-refractivity contribution in [2.45, 2.75) is 49.9 Å². The molecule has 0 radical (unpaired) electrons. The number of nitrogens with zero attached hydrogens (tertiary/aromatic N) is 1. The van der Waals surface area contributed by atoms with E-state index < -0.39 is 5.60 Å². The highest BCUT2D eigenvalue weighted by molar-refractivity contribution is 7.99. The van der Waals surface area contributed by atoms with Gasteiger partial charge in [0, 0.05) is 24.1 Å². The lowest BCUT2D eigenvalue weighted by Gasteiger charge is -2.35. The number of thioether (sulfide) groups is 1. The van der Waals surface area contributed by atoms with Crippen LogP contribution in [0, 0.1) is 11.8 Å². The summed E-state index contributed by atoms with van der Waals surface area (Å²) in [5.41, 5.74) is -1.01. The van der Waals surface area contributed by atoms with Crippen molar-refractivity contribution >= 4 is 17.7 Å². The van der Waals surface area contributed by atoms with Gasteiger partial charge in [-0.3, -0.25) is 4.79 Å². The molecule has 3 aliphatic rings. The van der Waals surface area contributed by atoms with Crippen LogP contribution in [-0.2, 0) is 4.79 Å². The van der Waals surface area contributed by atoms with Crippen molar-refractivity contribution in [3.05, 3.63) is 0 Å². The summed E-state index contributed by atoms with van der Waals surface area (Å²) in [5.74, 6) is 1.88. The van der Waals surface area contributed by atoms with Crippen LogP contribution in [0.5, 0.6) is 0 Å². The molecule has 102 valence electrons. The Balaban J connectivity index is 1.70. The van der Waals surface area contributed by atoms with Crippen LogP contribution in [0.3, 0.4) is 0 Å². The maximum absolute atomic E-state index is 12.6. The van der Waals surface area contributed by atoms with Crippen molar-refractivity contribution in [1.82, 2.24) is 4.90 Å². The molecule has 0 aromatic rings. The van der Waals surface area contributed by atoms with Gasteiger partial charge in [0.05, 0.1) is 0 Å². The lowest BCUT2D eigenvalue weighted by Crippen LogP contribution is -2.52. The van der Waals surface area contributed by atoms with E-state index in [-0.39, 0.29) is 11.8 Å². The van der Waals surface area contributed by atoms with Crippen molar-refractivity contribution in [3.63, 3.8) is 0 Å². The van der Waals surface area contributed by atoms with Gasteiger partial charge in [-0.25, -0.2) is 0 Å². The highest BCUT2D eigenvalue weighted by Gasteiger charge is 2.55. The van der Waals surface area contributed by atoms with E-state index in [1.807, 2.05) is 16.7 Å². The molecule has 1 amide bonds. The summed E-state index contributed by atoms with van der Waals surface area (Å²) < 4.78 is 0. The Morgan fingerprint density at radius 1 is 1.33 bits per heavy atom. The third kappa shape index (κ3) is 2.07. The van der Waals surface area contributed by atoms with Gasteiger partial charge >= 0.3 is 0 Å². The molecule has 3 fully saturated rings. The molecule has 0 aromatic carbocycles. The van der Waals surface area contributed by atoms with Crippen LogP contribution in [0.2, 0.25) is 0 Å². The number of carbonyl (C=O) groups is 1. The number of hydrogen-bond acceptors (Lipinski definition) is 3. The molecule has 1 saturated heterocycles. The van der Waals surface area contributed by atoms with Gasteiger partial charge in [-0.2, -0.15) is 11.8 Å². The molecule has 4 heteroatoms. The van der Waals surface area contributed by atoms with Crippen LogP contribution in [0.15, 0.2) is 0 Å². The highest BCUT2D eigenvalue weighted by atomic mass is 32.2. The van der Waals surface area contributed by atoms with Crippen LogP contribution in [0.25, 0.3) is 0 Å². The Morgan fingerprint density at radius 2 is 2.17 bits per heavy atom. The first-order chi connectivity index (χ1) is 8.59. The van der Waals surface area contributed by atoms with E-state index in [4.69, 9.17) is 0 Å². The first kappa shape index (κ1) is 12.8. The topological polar surface area (TPSA) is 40.5 Å². The number of fused-ring (bicyclic) bond motifs is 2. The molecule has 1 N–H and O–H groups in total. The van der Waals surface area contributed by atoms with Crippen molar-refractivity contribution in [3.8, 4) is 0 Å². The zero-order valence-corrected chi connectivity index (χ0v) is 11.9. The largest absolute Gasteiger partial charge is 0.380 e. The fraction of sp³-hybridized carbons (Fsp3) is 0.929. The summed E-state index contributed by atoms with van der Waals surface area (Å²) in [6.45, 7) is 3.87. The number of aliphatic hydroxyl groups is 1. The smallest absolute Gasteiger partial charge is 0.254 e. The molecular weight excluding hydrogens is 246 g/mol. The summed E-state index contributed by atoms with van der Waals surface area (Å²) in [5, 5.41) is 11.4. The van der Waals surface area contributed by atoms with E-state index >= 15 is 0 Å². The Hall–Kier alpha value is -0.220. The summed E-state index contributed by atoms with van der Waals surface area (Å²) in [7, 11) is 0. The summed E-state index contributed by atoms with van der Waals surface area (Å²) in [4.78, 5) is 14.6. The van der Waals surface area contributed by atoms with Crippen LogP contribution < -0.4 is 0 Å². The second-order valence-electron chi connectivity index (χ2n) is 6.27. The van der Waals surface area contributed by atoms with Gasteiger partial charge in [-0.05, 0) is 43.9 Å². The number of carbonyl (C=O) groups excluding carboxylic acids is 1. The molecule has 2 bridgehead atoms. The van der Waals surface area contributed by atoms with Crippen molar-refractivity contribution in [2.75, 3.05) is 18.8 Å². The van der Waals surface area contributed by atoms with Crippen LogP contribution in [0.1, 0.15) is 39.0 Å². The van der Waals surface area contributed by atoms with Crippen LogP contribution in [-0.4, -0.2) is 45.6 Å². The normalized spacial score (nSPS) is 44.1. The standard InChI is InChI=1S/C14H23NO2S/c1-10-4-5-15(6-7-18-10)13(16)14(17)9-11-2-3-12(14)8-11/h10-12,17H,2-9H2,1H3. The van der Waals surface area contributed by atoms with Gasteiger partial charge in [0.2, 0.25) is 0 Å². The molecule has 0 aromatic heterocycles. The Morgan fingerprint density at radius 3 is 2.83 bits per heavy atom. The Bertz CT molecular complexity index is 349.